The molecule has 0 fully saturated rings. The minimum atomic E-state index is -0.838. The van der Waals surface area contributed by atoms with E-state index in [1.54, 1.807) is 6.20 Å². The lowest BCUT2D eigenvalue weighted by Crippen LogP contribution is -2.28. The first kappa shape index (κ1) is 12.4. The van der Waals surface area contributed by atoms with Crippen molar-refractivity contribution >= 4 is 22.6 Å². The van der Waals surface area contributed by atoms with Crippen LogP contribution in [0.1, 0.15) is 18.9 Å². The van der Waals surface area contributed by atoms with Gasteiger partial charge in [-0.15, -0.1) is 0 Å². The van der Waals surface area contributed by atoms with E-state index in [2.05, 4.69) is 10.3 Å². The molecule has 4 heteroatoms. The Kier molecular flexibility index (Phi) is 3.46. The van der Waals surface area contributed by atoms with E-state index in [1.807, 2.05) is 38.1 Å². The third-order valence-electron chi connectivity index (χ3n) is 3.01. The van der Waals surface area contributed by atoms with Gasteiger partial charge in [0.1, 0.15) is 6.04 Å². The molecule has 18 heavy (non-hydrogen) atoms. The summed E-state index contributed by atoms with van der Waals surface area (Å²) in [4.78, 5) is 15.4. The summed E-state index contributed by atoms with van der Waals surface area (Å²) in [5.74, 6) is -0.838. The summed E-state index contributed by atoms with van der Waals surface area (Å²) < 4.78 is 0. The van der Waals surface area contributed by atoms with Crippen LogP contribution in [0.25, 0.3) is 10.9 Å². The van der Waals surface area contributed by atoms with Crippen LogP contribution in [0, 0.1) is 6.92 Å². The molecular weight excluding hydrogens is 228 g/mol. The highest BCUT2D eigenvalue weighted by atomic mass is 16.4. The number of nitrogens with one attached hydrogen (secondary N) is 1. The molecule has 0 saturated carbocycles. The Morgan fingerprint density at radius 3 is 2.89 bits per heavy atom. The largest absolute Gasteiger partial charge is 0.480 e. The molecule has 94 valence electrons. The van der Waals surface area contributed by atoms with E-state index in [0.717, 1.165) is 22.2 Å². The van der Waals surface area contributed by atoms with E-state index >= 15 is 0 Å². The maximum Gasteiger partial charge on any atom is 0.326 e. The van der Waals surface area contributed by atoms with Crippen molar-refractivity contribution < 1.29 is 9.90 Å². The molecule has 4 nitrogen and oxygen atoms in total. The van der Waals surface area contributed by atoms with E-state index in [-0.39, 0.29) is 0 Å². The topological polar surface area (TPSA) is 62.2 Å². The summed E-state index contributed by atoms with van der Waals surface area (Å²) in [5.41, 5.74) is 2.81. The number of aliphatic carboxylic acids is 1. The molecular formula is C14H16N2O2. The number of pyridine rings is 1. The predicted molar refractivity (Wildman–Crippen MR) is 71.8 cm³/mol. The van der Waals surface area contributed by atoms with Crippen LogP contribution in [0.15, 0.2) is 30.5 Å². The zero-order valence-corrected chi connectivity index (χ0v) is 10.5. The van der Waals surface area contributed by atoms with Crippen molar-refractivity contribution in [3.63, 3.8) is 0 Å². The first-order chi connectivity index (χ1) is 8.63. The van der Waals surface area contributed by atoms with Gasteiger partial charge in [-0.2, -0.15) is 0 Å². The smallest absolute Gasteiger partial charge is 0.326 e. The van der Waals surface area contributed by atoms with Gasteiger partial charge in [-0.3, -0.25) is 4.98 Å². The van der Waals surface area contributed by atoms with Crippen molar-refractivity contribution in [3.8, 4) is 0 Å². The first-order valence-electron chi connectivity index (χ1n) is 5.97. The van der Waals surface area contributed by atoms with E-state index in [4.69, 9.17) is 5.11 Å². The van der Waals surface area contributed by atoms with Crippen molar-refractivity contribution in [3.05, 3.63) is 36.0 Å². The lowest BCUT2D eigenvalue weighted by molar-refractivity contribution is -0.137. The Morgan fingerprint density at radius 1 is 1.44 bits per heavy atom. The molecule has 0 aliphatic heterocycles. The summed E-state index contributed by atoms with van der Waals surface area (Å²) in [7, 11) is 0. The molecule has 0 saturated heterocycles. The lowest BCUT2D eigenvalue weighted by atomic mass is 10.1. The molecule has 1 atom stereocenters. The molecule has 0 bridgehead atoms. The van der Waals surface area contributed by atoms with Gasteiger partial charge in [0.25, 0.3) is 0 Å². The van der Waals surface area contributed by atoms with Gasteiger partial charge >= 0.3 is 5.97 Å². The predicted octanol–water partition coefficient (Wildman–Crippen LogP) is 2.82. The van der Waals surface area contributed by atoms with E-state index in [0.29, 0.717) is 6.42 Å². The van der Waals surface area contributed by atoms with Gasteiger partial charge in [0.15, 0.2) is 0 Å². The molecule has 1 aromatic heterocycles. The van der Waals surface area contributed by atoms with E-state index in [1.165, 1.54) is 0 Å². The molecule has 1 heterocycles. The summed E-state index contributed by atoms with van der Waals surface area (Å²) in [6.07, 6.45) is 2.28. The van der Waals surface area contributed by atoms with E-state index < -0.39 is 12.0 Å². The summed E-state index contributed by atoms with van der Waals surface area (Å²) in [6.45, 7) is 3.84. The fourth-order valence-corrected chi connectivity index (χ4v) is 1.97. The molecule has 2 aromatic rings. The molecule has 0 radical (unpaired) electrons. The second kappa shape index (κ2) is 5.04. The molecule has 0 spiro atoms. The van der Waals surface area contributed by atoms with Gasteiger partial charge < -0.3 is 10.4 Å². The number of hydrogen-bond acceptors (Lipinski definition) is 3. The Hall–Kier alpha value is -2.10. The summed E-state index contributed by atoms with van der Waals surface area (Å²) >= 11 is 0. The van der Waals surface area contributed by atoms with Crippen LogP contribution in [0.2, 0.25) is 0 Å². The minimum absolute atomic E-state index is 0.533. The summed E-state index contributed by atoms with van der Waals surface area (Å²) in [5, 5.41) is 13.1. The van der Waals surface area contributed by atoms with Crippen LogP contribution in [0.5, 0.6) is 0 Å². The van der Waals surface area contributed by atoms with Crippen molar-refractivity contribution in [2.75, 3.05) is 5.32 Å². The highest BCUT2D eigenvalue weighted by Gasteiger charge is 2.15. The minimum Gasteiger partial charge on any atom is -0.480 e. The molecule has 2 rings (SSSR count). The van der Waals surface area contributed by atoms with Gasteiger partial charge in [0.05, 0.1) is 5.52 Å². The van der Waals surface area contributed by atoms with E-state index in [9.17, 15) is 4.79 Å². The molecule has 0 amide bonds. The van der Waals surface area contributed by atoms with Crippen LogP contribution in [-0.4, -0.2) is 22.1 Å². The molecule has 1 aromatic carbocycles. The number of benzene rings is 1. The molecule has 2 N–H and O–H groups in total. The van der Waals surface area contributed by atoms with Gasteiger partial charge in [-0.1, -0.05) is 13.0 Å². The van der Waals surface area contributed by atoms with Crippen molar-refractivity contribution in [2.24, 2.45) is 0 Å². The Bertz CT molecular complexity index is 581. The third-order valence-corrected chi connectivity index (χ3v) is 3.01. The zero-order valence-electron chi connectivity index (χ0n) is 10.5. The number of carbonyl (C=O) groups is 1. The fourth-order valence-electron chi connectivity index (χ4n) is 1.97. The van der Waals surface area contributed by atoms with Crippen LogP contribution in [-0.2, 0) is 4.79 Å². The maximum absolute atomic E-state index is 11.1. The number of aryl methyl sites for hydroxylation is 1. The monoisotopic (exact) mass is 244 g/mol. The first-order valence-corrected chi connectivity index (χ1v) is 5.97. The molecule has 1 unspecified atom stereocenters. The molecule has 0 aliphatic carbocycles. The van der Waals surface area contributed by atoms with Crippen molar-refractivity contribution in [1.29, 1.82) is 0 Å². The highest BCUT2D eigenvalue weighted by molar-refractivity contribution is 5.94. The summed E-state index contributed by atoms with van der Waals surface area (Å²) in [6, 6.07) is 7.09. The average Bonchev–Trinajstić information content (AvgIpc) is 2.38. The second-order valence-electron chi connectivity index (χ2n) is 4.27. The number of fused-ring (bicyclic) bond motifs is 1. The Labute approximate surface area is 106 Å². The molecule has 0 aliphatic rings. The van der Waals surface area contributed by atoms with Gasteiger partial charge in [0.2, 0.25) is 0 Å². The number of carboxylic acid groups (broad SMARTS) is 1. The quantitative estimate of drug-likeness (QED) is 0.868. The second-order valence-corrected chi connectivity index (χ2v) is 4.27. The number of hydrogen-bond donors (Lipinski definition) is 2. The number of carboxylic acids is 1. The van der Waals surface area contributed by atoms with Crippen LogP contribution < -0.4 is 5.32 Å². The fraction of sp³-hybridized carbons (Fsp3) is 0.286. The van der Waals surface area contributed by atoms with Crippen LogP contribution in [0.4, 0.5) is 5.69 Å². The number of aromatic nitrogens is 1. The van der Waals surface area contributed by atoms with Crippen molar-refractivity contribution in [1.82, 2.24) is 4.98 Å². The van der Waals surface area contributed by atoms with Gasteiger partial charge in [-0.25, -0.2) is 4.79 Å². The van der Waals surface area contributed by atoms with Crippen molar-refractivity contribution in [2.45, 2.75) is 26.3 Å². The average molecular weight is 244 g/mol. The van der Waals surface area contributed by atoms with Crippen LogP contribution >= 0.6 is 0 Å². The maximum atomic E-state index is 11.1. The highest BCUT2D eigenvalue weighted by Crippen LogP contribution is 2.25. The SMILES string of the molecule is CCC(Nc1ccc(C)c2ncccc12)C(=O)O. The van der Waals surface area contributed by atoms with Crippen LogP contribution in [0.3, 0.4) is 0 Å². The standard InChI is InChI=1S/C14H16N2O2/c1-3-11(14(17)18)16-12-7-6-9(2)13-10(12)5-4-8-15-13/h4-8,11,16H,3H2,1-2H3,(H,17,18). The number of anilines is 1. The van der Waals surface area contributed by atoms with Gasteiger partial charge in [0, 0.05) is 17.3 Å². The zero-order chi connectivity index (χ0) is 13.1. The lowest BCUT2D eigenvalue weighted by Gasteiger charge is -2.16. The van der Waals surface area contributed by atoms with Gasteiger partial charge in [-0.05, 0) is 37.1 Å². The Morgan fingerprint density at radius 2 is 2.22 bits per heavy atom. The third kappa shape index (κ3) is 2.27. The number of rotatable bonds is 4. The Balaban J connectivity index is 2.45. The normalized spacial score (nSPS) is 12.3. The number of nitrogens with zero attached hydrogens (tertiary/aromatic N) is 1.